The van der Waals surface area contributed by atoms with Gasteiger partial charge in [-0.25, -0.2) is 4.79 Å². The van der Waals surface area contributed by atoms with Crippen molar-refractivity contribution < 1.29 is 19.2 Å². The Balaban J connectivity index is 1.97. The fourth-order valence-electron chi connectivity index (χ4n) is 2.89. The number of nitro groups is 1. The van der Waals surface area contributed by atoms with E-state index in [1.165, 1.54) is 19.1 Å². The summed E-state index contributed by atoms with van der Waals surface area (Å²) in [5, 5.41) is 16.6. The highest BCUT2D eigenvalue weighted by atomic mass is 16.6. The second-order valence-electron chi connectivity index (χ2n) is 6.55. The number of nitro benzene ring substituents is 1. The SMILES string of the molecule is CC[C@@H](CNC(=O)[C@@H](C)OC(=O)c1ccc(NC)c([N+](=O)[O-])c1)c1ccccc1. The van der Waals surface area contributed by atoms with Crippen LogP contribution in [0, 0.1) is 10.1 Å². The van der Waals surface area contributed by atoms with Gasteiger partial charge in [0, 0.05) is 25.6 Å². The maximum Gasteiger partial charge on any atom is 0.339 e. The van der Waals surface area contributed by atoms with E-state index >= 15 is 0 Å². The van der Waals surface area contributed by atoms with Gasteiger partial charge >= 0.3 is 5.97 Å². The number of esters is 1. The third-order valence-electron chi connectivity index (χ3n) is 4.64. The number of carbonyl (C=O) groups is 2. The lowest BCUT2D eigenvalue weighted by Crippen LogP contribution is -2.38. The molecule has 0 aliphatic heterocycles. The molecule has 154 valence electrons. The van der Waals surface area contributed by atoms with Crippen LogP contribution in [0.5, 0.6) is 0 Å². The van der Waals surface area contributed by atoms with Crippen LogP contribution in [-0.4, -0.2) is 36.5 Å². The van der Waals surface area contributed by atoms with E-state index in [9.17, 15) is 19.7 Å². The molecular weight excluding hydrogens is 374 g/mol. The summed E-state index contributed by atoms with van der Waals surface area (Å²) in [5.41, 5.74) is 1.17. The summed E-state index contributed by atoms with van der Waals surface area (Å²) in [6.45, 7) is 3.92. The lowest BCUT2D eigenvalue weighted by atomic mass is 9.96. The zero-order chi connectivity index (χ0) is 21.4. The van der Waals surface area contributed by atoms with Gasteiger partial charge in [-0.3, -0.25) is 14.9 Å². The molecule has 8 heteroatoms. The Morgan fingerprint density at radius 3 is 2.45 bits per heavy atom. The molecule has 0 radical (unpaired) electrons. The molecule has 0 aliphatic carbocycles. The van der Waals surface area contributed by atoms with Crippen molar-refractivity contribution in [2.75, 3.05) is 18.9 Å². The van der Waals surface area contributed by atoms with Gasteiger partial charge in [0.2, 0.25) is 0 Å². The van der Waals surface area contributed by atoms with Crippen LogP contribution >= 0.6 is 0 Å². The molecule has 2 aromatic rings. The van der Waals surface area contributed by atoms with Crippen molar-refractivity contribution >= 4 is 23.3 Å². The highest BCUT2D eigenvalue weighted by Crippen LogP contribution is 2.25. The van der Waals surface area contributed by atoms with Gasteiger partial charge in [0.05, 0.1) is 10.5 Å². The molecule has 0 aromatic heterocycles. The van der Waals surface area contributed by atoms with Gasteiger partial charge in [-0.05, 0) is 31.0 Å². The van der Waals surface area contributed by atoms with Crippen molar-refractivity contribution in [3.8, 4) is 0 Å². The first-order chi connectivity index (χ1) is 13.9. The first-order valence-electron chi connectivity index (χ1n) is 9.37. The fraction of sp³-hybridized carbons (Fsp3) is 0.333. The van der Waals surface area contributed by atoms with E-state index in [2.05, 4.69) is 10.6 Å². The van der Waals surface area contributed by atoms with Gasteiger partial charge in [0.15, 0.2) is 6.10 Å². The monoisotopic (exact) mass is 399 g/mol. The molecule has 0 bridgehead atoms. The molecule has 0 unspecified atom stereocenters. The van der Waals surface area contributed by atoms with E-state index in [-0.39, 0.29) is 22.9 Å². The number of nitrogens with one attached hydrogen (secondary N) is 2. The molecular formula is C21H25N3O5. The Bertz CT molecular complexity index is 870. The summed E-state index contributed by atoms with van der Waals surface area (Å²) in [4.78, 5) is 35.2. The second kappa shape index (κ2) is 10.2. The van der Waals surface area contributed by atoms with Gasteiger partial charge in [-0.2, -0.15) is 0 Å². The van der Waals surface area contributed by atoms with Gasteiger partial charge in [-0.15, -0.1) is 0 Å². The molecule has 2 rings (SSSR count). The van der Waals surface area contributed by atoms with E-state index < -0.39 is 22.9 Å². The Morgan fingerprint density at radius 1 is 1.17 bits per heavy atom. The molecule has 0 spiro atoms. The lowest BCUT2D eigenvalue weighted by molar-refractivity contribution is -0.384. The van der Waals surface area contributed by atoms with Crippen LogP contribution in [0.2, 0.25) is 0 Å². The van der Waals surface area contributed by atoms with Crippen LogP contribution in [0.25, 0.3) is 0 Å². The Kier molecular flexibility index (Phi) is 7.70. The molecule has 2 aromatic carbocycles. The van der Waals surface area contributed by atoms with Crippen LogP contribution in [0.4, 0.5) is 11.4 Å². The number of hydrogen-bond donors (Lipinski definition) is 2. The summed E-state index contributed by atoms with van der Waals surface area (Å²) in [7, 11) is 1.55. The number of rotatable bonds is 9. The average molecular weight is 399 g/mol. The van der Waals surface area contributed by atoms with Gasteiger partial charge in [-0.1, -0.05) is 37.3 Å². The molecule has 29 heavy (non-hydrogen) atoms. The van der Waals surface area contributed by atoms with Crippen molar-refractivity contribution in [3.63, 3.8) is 0 Å². The number of carbonyl (C=O) groups excluding carboxylic acids is 2. The van der Waals surface area contributed by atoms with E-state index in [1.54, 1.807) is 7.05 Å². The molecule has 2 atom stereocenters. The molecule has 0 heterocycles. The Labute approximate surface area is 169 Å². The molecule has 0 saturated carbocycles. The van der Waals surface area contributed by atoms with Crippen molar-refractivity contribution in [1.29, 1.82) is 0 Å². The Morgan fingerprint density at radius 2 is 1.86 bits per heavy atom. The van der Waals surface area contributed by atoms with Crippen molar-refractivity contribution in [3.05, 3.63) is 69.8 Å². The van der Waals surface area contributed by atoms with Gasteiger partial charge in [0.25, 0.3) is 11.6 Å². The smallest absolute Gasteiger partial charge is 0.339 e. The molecule has 8 nitrogen and oxygen atoms in total. The number of hydrogen-bond acceptors (Lipinski definition) is 6. The molecule has 0 aliphatic rings. The predicted octanol–water partition coefficient (Wildman–Crippen LogP) is 3.49. The van der Waals surface area contributed by atoms with E-state index in [4.69, 9.17) is 4.74 Å². The minimum atomic E-state index is -1.03. The summed E-state index contributed by atoms with van der Waals surface area (Å²) < 4.78 is 5.18. The molecule has 0 saturated heterocycles. The zero-order valence-corrected chi connectivity index (χ0v) is 16.7. The Hall–Kier alpha value is -3.42. The van der Waals surface area contributed by atoms with Crippen LogP contribution in [-0.2, 0) is 9.53 Å². The molecule has 1 amide bonds. The number of ether oxygens (including phenoxy) is 1. The number of anilines is 1. The summed E-state index contributed by atoms with van der Waals surface area (Å²) in [6, 6.07) is 13.8. The van der Waals surface area contributed by atoms with E-state index in [0.717, 1.165) is 18.1 Å². The standard InChI is InChI=1S/C21H25N3O5/c1-4-15(16-8-6-5-7-9-16)13-23-20(25)14(2)29-21(26)17-10-11-18(22-3)19(12-17)24(27)28/h5-12,14-15,22H,4,13H2,1-3H3,(H,23,25)/t14-,15+/m1/s1. The quantitative estimate of drug-likeness (QED) is 0.379. The first-order valence-corrected chi connectivity index (χ1v) is 9.37. The largest absolute Gasteiger partial charge is 0.449 e. The van der Waals surface area contributed by atoms with Crippen molar-refractivity contribution in [2.24, 2.45) is 0 Å². The third-order valence-corrected chi connectivity index (χ3v) is 4.64. The summed E-state index contributed by atoms with van der Waals surface area (Å²) >= 11 is 0. The highest BCUT2D eigenvalue weighted by Gasteiger charge is 2.22. The number of amides is 1. The van der Waals surface area contributed by atoms with Crippen LogP contribution in [0.1, 0.15) is 42.1 Å². The van der Waals surface area contributed by atoms with Crippen molar-refractivity contribution in [2.45, 2.75) is 32.3 Å². The van der Waals surface area contributed by atoms with Gasteiger partial charge < -0.3 is 15.4 Å². The van der Waals surface area contributed by atoms with Gasteiger partial charge in [0.1, 0.15) is 5.69 Å². The maximum atomic E-state index is 12.3. The molecule has 2 N–H and O–H groups in total. The lowest BCUT2D eigenvalue weighted by Gasteiger charge is -2.18. The average Bonchev–Trinajstić information content (AvgIpc) is 2.74. The summed E-state index contributed by atoms with van der Waals surface area (Å²) in [5.74, 6) is -1.07. The van der Waals surface area contributed by atoms with Crippen molar-refractivity contribution in [1.82, 2.24) is 5.32 Å². The minimum Gasteiger partial charge on any atom is -0.449 e. The predicted molar refractivity (Wildman–Crippen MR) is 110 cm³/mol. The number of benzene rings is 2. The molecule has 0 fully saturated rings. The van der Waals surface area contributed by atoms with E-state index in [0.29, 0.717) is 6.54 Å². The summed E-state index contributed by atoms with van der Waals surface area (Å²) in [6.07, 6.45) is -0.182. The topological polar surface area (TPSA) is 111 Å². The first kappa shape index (κ1) is 21.9. The number of nitrogens with zero attached hydrogens (tertiary/aromatic N) is 1. The van der Waals surface area contributed by atoms with Crippen LogP contribution < -0.4 is 10.6 Å². The zero-order valence-electron chi connectivity index (χ0n) is 16.7. The van der Waals surface area contributed by atoms with Crippen LogP contribution in [0.15, 0.2) is 48.5 Å². The maximum absolute atomic E-state index is 12.3. The third kappa shape index (κ3) is 5.78. The van der Waals surface area contributed by atoms with Crippen LogP contribution in [0.3, 0.4) is 0 Å². The fourth-order valence-corrected chi connectivity index (χ4v) is 2.89. The second-order valence-corrected chi connectivity index (χ2v) is 6.55. The van der Waals surface area contributed by atoms with E-state index in [1.807, 2.05) is 37.3 Å². The minimum absolute atomic E-state index is 0.00562. The normalized spacial score (nSPS) is 12.5. The highest BCUT2D eigenvalue weighted by molar-refractivity contribution is 5.93.